The van der Waals surface area contributed by atoms with Crippen LogP contribution in [-0.4, -0.2) is 44.7 Å². The second kappa shape index (κ2) is 11.7. The van der Waals surface area contributed by atoms with Crippen LogP contribution in [0.5, 0.6) is 11.5 Å². The predicted molar refractivity (Wildman–Crippen MR) is 140 cm³/mol. The van der Waals surface area contributed by atoms with Crippen molar-refractivity contribution < 1.29 is 17.9 Å². The van der Waals surface area contributed by atoms with Crippen LogP contribution in [0.3, 0.4) is 0 Å². The van der Waals surface area contributed by atoms with Crippen LogP contribution in [0.25, 0.3) is 0 Å². The van der Waals surface area contributed by atoms with Crippen LogP contribution in [-0.2, 0) is 10.0 Å². The third kappa shape index (κ3) is 6.75. The van der Waals surface area contributed by atoms with Gasteiger partial charge in [0.05, 0.1) is 13.2 Å². The summed E-state index contributed by atoms with van der Waals surface area (Å²) in [6.45, 7) is 12.1. The van der Waals surface area contributed by atoms with Gasteiger partial charge in [0.15, 0.2) is 0 Å². The van der Waals surface area contributed by atoms with Gasteiger partial charge < -0.3 is 19.7 Å². The molecule has 0 saturated carbocycles. The van der Waals surface area contributed by atoms with E-state index < -0.39 is 10.0 Å². The van der Waals surface area contributed by atoms with Gasteiger partial charge in [-0.2, -0.15) is 0 Å². The molecule has 2 N–H and O–H groups in total. The normalized spacial score (nSPS) is 11.1. The van der Waals surface area contributed by atoms with Crippen LogP contribution in [0, 0.1) is 6.92 Å². The van der Waals surface area contributed by atoms with Crippen molar-refractivity contribution in [3.63, 3.8) is 0 Å². The van der Waals surface area contributed by atoms with Gasteiger partial charge in [0.2, 0.25) is 0 Å². The van der Waals surface area contributed by atoms with Crippen LogP contribution in [0.1, 0.15) is 33.5 Å². The number of sulfonamides is 1. The maximum absolute atomic E-state index is 13.1. The molecule has 0 spiro atoms. The van der Waals surface area contributed by atoms with Gasteiger partial charge in [-0.15, -0.1) is 0 Å². The van der Waals surface area contributed by atoms with Crippen molar-refractivity contribution in [2.75, 3.05) is 41.2 Å². The summed E-state index contributed by atoms with van der Waals surface area (Å²) in [6, 6.07) is 13.6. The Morgan fingerprint density at radius 1 is 0.857 bits per heavy atom. The number of benzene rings is 2. The average molecular weight is 500 g/mol. The topological polar surface area (TPSA) is 106 Å². The highest BCUT2D eigenvalue weighted by molar-refractivity contribution is 7.92. The van der Waals surface area contributed by atoms with Gasteiger partial charge in [-0.05, 0) is 71.0 Å². The number of anilines is 4. The monoisotopic (exact) mass is 499 g/mol. The van der Waals surface area contributed by atoms with E-state index in [0.717, 1.165) is 24.6 Å². The molecule has 35 heavy (non-hydrogen) atoms. The molecule has 1 heterocycles. The highest BCUT2D eigenvalue weighted by Crippen LogP contribution is 2.30. The molecule has 1 aromatic heterocycles. The summed E-state index contributed by atoms with van der Waals surface area (Å²) in [4.78, 5) is 11.2. The fourth-order valence-electron chi connectivity index (χ4n) is 3.53. The number of aromatic nitrogens is 2. The number of hydrogen-bond donors (Lipinski definition) is 2. The van der Waals surface area contributed by atoms with Crippen LogP contribution in [0.15, 0.2) is 53.4 Å². The maximum Gasteiger partial charge on any atom is 0.265 e. The zero-order chi connectivity index (χ0) is 25.4. The summed E-state index contributed by atoms with van der Waals surface area (Å²) >= 11 is 0. The van der Waals surface area contributed by atoms with Crippen molar-refractivity contribution >= 4 is 33.0 Å². The number of aryl methyl sites for hydroxylation is 1. The summed E-state index contributed by atoms with van der Waals surface area (Å²) in [5.74, 6) is 2.92. The Morgan fingerprint density at radius 2 is 1.51 bits per heavy atom. The lowest BCUT2D eigenvalue weighted by molar-refractivity contribution is 0.322. The van der Waals surface area contributed by atoms with Crippen molar-refractivity contribution in [1.82, 2.24) is 9.97 Å². The standard InChI is InChI=1S/C25H33N5O4S/c1-6-30(7-2)25-17-24(26-18(5)27-25)28-19-10-12-20(13-11-19)29-35(31,32)23-16-21(33-8-3)14-15-22(23)34-9-4/h10-17,29H,6-9H2,1-5H3,(H,26,27,28). The minimum atomic E-state index is -3.91. The fourth-order valence-corrected chi connectivity index (χ4v) is 4.75. The Labute approximate surface area is 207 Å². The van der Waals surface area contributed by atoms with Crippen LogP contribution < -0.4 is 24.4 Å². The molecule has 0 fully saturated rings. The number of ether oxygens (including phenoxy) is 2. The first-order valence-corrected chi connectivity index (χ1v) is 13.2. The molecule has 0 saturated heterocycles. The first kappa shape index (κ1) is 26.1. The first-order chi connectivity index (χ1) is 16.8. The quantitative estimate of drug-likeness (QED) is 0.360. The average Bonchev–Trinajstić information content (AvgIpc) is 2.82. The Kier molecular flexibility index (Phi) is 8.75. The third-order valence-corrected chi connectivity index (χ3v) is 6.54. The van der Waals surface area contributed by atoms with Gasteiger partial charge in [-0.25, -0.2) is 18.4 Å². The maximum atomic E-state index is 13.1. The van der Waals surface area contributed by atoms with Gasteiger partial charge >= 0.3 is 0 Å². The van der Waals surface area contributed by atoms with Crippen LogP contribution >= 0.6 is 0 Å². The summed E-state index contributed by atoms with van der Waals surface area (Å²) in [5.41, 5.74) is 1.19. The summed E-state index contributed by atoms with van der Waals surface area (Å²) < 4.78 is 39.9. The molecule has 3 rings (SSSR count). The van der Waals surface area contributed by atoms with Crippen molar-refractivity contribution in [2.45, 2.75) is 39.5 Å². The summed E-state index contributed by atoms with van der Waals surface area (Å²) in [7, 11) is -3.91. The van der Waals surface area contributed by atoms with E-state index in [1.165, 1.54) is 6.07 Å². The van der Waals surface area contributed by atoms with Gasteiger partial charge in [-0.1, -0.05) is 0 Å². The Hall–Kier alpha value is -3.53. The fraction of sp³-hybridized carbons (Fsp3) is 0.360. The number of nitrogens with one attached hydrogen (secondary N) is 2. The molecule has 188 valence electrons. The molecule has 0 aliphatic rings. The van der Waals surface area contributed by atoms with E-state index in [1.54, 1.807) is 43.3 Å². The molecule has 10 heteroatoms. The molecule has 0 unspecified atom stereocenters. The van der Waals surface area contributed by atoms with E-state index in [4.69, 9.17) is 9.47 Å². The number of nitrogens with zero attached hydrogens (tertiary/aromatic N) is 3. The molecular formula is C25H33N5O4S. The van der Waals surface area contributed by atoms with E-state index in [2.05, 4.69) is 38.8 Å². The second-order valence-electron chi connectivity index (χ2n) is 7.61. The Morgan fingerprint density at radius 3 is 2.14 bits per heavy atom. The number of hydrogen-bond acceptors (Lipinski definition) is 8. The SMILES string of the molecule is CCOc1ccc(OCC)c(S(=O)(=O)Nc2ccc(Nc3cc(N(CC)CC)nc(C)n3)cc2)c1. The predicted octanol–water partition coefficient (Wildman–Crippen LogP) is 4.97. The van der Waals surface area contributed by atoms with Crippen LogP contribution in [0.4, 0.5) is 23.0 Å². The van der Waals surface area contributed by atoms with Crippen molar-refractivity contribution in [1.29, 1.82) is 0 Å². The highest BCUT2D eigenvalue weighted by atomic mass is 32.2. The molecule has 0 radical (unpaired) electrons. The zero-order valence-corrected chi connectivity index (χ0v) is 21.6. The van der Waals surface area contributed by atoms with Crippen molar-refractivity contribution in [3.05, 3.63) is 54.4 Å². The van der Waals surface area contributed by atoms with E-state index >= 15 is 0 Å². The molecule has 0 atom stereocenters. The smallest absolute Gasteiger partial charge is 0.265 e. The summed E-state index contributed by atoms with van der Waals surface area (Å²) in [6.07, 6.45) is 0. The van der Waals surface area contributed by atoms with Crippen LogP contribution in [0.2, 0.25) is 0 Å². The van der Waals surface area contributed by atoms with E-state index in [-0.39, 0.29) is 10.6 Å². The lowest BCUT2D eigenvalue weighted by Crippen LogP contribution is -2.23. The lowest BCUT2D eigenvalue weighted by Gasteiger charge is -2.20. The second-order valence-corrected chi connectivity index (χ2v) is 9.26. The van der Waals surface area contributed by atoms with Crippen molar-refractivity contribution in [2.24, 2.45) is 0 Å². The largest absolute Gasteiger partial charge is 0.494 e. The molecule has 0 amide bonds. The van der Waals surface area contributed by atoms with E-state index in [9.17, 15) is 8.42 Å². The molecule has 0 aliphatic heterocycles. The van der Waals surface area contributed by atoms with E-state index in [0.29, 0.717) is 36.3 Å². The molecule has 0 aliphatic carbocycles. The molecule has 9 nitrogen and oxygen atoms in total. The lowest BCUT2D eigenvalue weighted by atomic mass is 10.3. The first-order valence-electron chi connectivity index (χ1n) is 11.7. The van der Waals surface area contributed by atoms with Gasteiger partial charge in [0.1, 0.15) is 33.9 Å². The third-order valence-electron chi connectivity index (χ3n) is 5.14. The highest BCUT2D eigenvalue weighted by Gasteiger charge is 2.21. The Bertz CT molecular complexity index is 1230. The van der Waals surface area contributed by atoms with Gasteiger partial charge in [0, 0.05) is 36.6 Å². The molecule has 2 aromatic carbocycles. The molecular weight excluding hydrogens is 466 g/mol. The zero-order valence-electron chi connectivity index (χ0n) is 20.8. The van der Waals surface area contributed by atoms with Gasteiger partial charge in [-0.3, -0.25) is 4.72 Å². The minimum absolute atomic E-state index is 0.0212. The van der Waals surface area contributed by atoms with Crippen molar-refractivity contribution in [3.8, 4) is 11.5 Å². The van der Waals surface area contributed by atoms with E-state index in [1.807, 2.05) is 19.9 Å². The number of rotatable bonds is 12. The molecule has 3 aromatic rings. The summed E-state index contributed by atoms with van der Waals surface area (Å²) in [5, 5.41) is 3.27. The van der Waals surface area contributed by atoms with Gasteiger partial charge in [0.25, 0.3) is 10.0 Å². The molecule has 0 bridgehead atoms. The minimum Gasteiger partial charge on any atom is -0.494 e. The Balaban J connectivity index is 1.79.